The molecule has 5 heteroatoms. The van der Waals surface area contributed by atoms with Gasteiger partial charge in [0.1, 0.15) is 19.3 Å². The van der Waals surface area contributed by atoms with Crippen LogP contribution in [0.1, 0.15) is 168 Å². The van der Waals surface area contributed by atoms with Crippen molar-refractivity contribution in [1.82, 2.24) is 0 Å². The van der Waals surface area contributed by atoms with E-state index in [0.717, 1.165) is 38.0 Å². The van der Waals surface area contributed by atoms with Crippen molar-refractivity contribution >= 4 is 11.9 Å². The van der Waals surface area contributed by atoms with E-state index in [0.29, 0.717) is 12.8 Å². The average Bonchev–Trinajstić information content (AvgIpc) is 2.87. The quantitative estimate of drug-likeness (QED) is 0.0813. The van der Waals surface area contributed by atoms with E-state index in [-0.39, 0.29) is 25.2 Å². The van der Waals surface area contributed by atoms with Crippen LogP contribution in [-0.4, -0.2) is 36.4 Å². The van der Waals surface area contributed by atoms with Crippen LogP contribution in [0.15, 0.2) is 0 Å². The molecule has 1 atom stereocenters. The molecule has 0 saturated heterocycles. The zero-order chi connectivity index (χ0) is 27.4. The Labute approximate surface area is 229 Å². The molecule has 0 heterocycles. The first-order chi connectivity index (χ1) is 18.0. The predicted molar refractivity (Wildman–Crippen MR) is 155 cm³/mol. The number of hydrogen-bond acceptors (Lipinski definition) is 5. The van der Waals surface area contributed by atoms with Gasteiger partial charge in [-0.1, -0.05) is 143 Å². The lowest BCUT2D eigenvalue weighted by Crippen LogP contribution is -2.25. The van der Waals surface area contributed by atoms with Crippen molar-refractivity contribution in [2.24, 2.45) is 5.92 Å². The average molecular weight is 527 g/mol. The number of aliphatic hydroxyl groups excluding tert-OH is 1. The number of unbranched alkanes of at least 4 members (excludes halogenated alkanes) is 18. The molecular weight excluding hydrogens is 464 g/mol. The van der Waals surface area contributed by atoms with Gasteiger partial charge in [-0.05, 0) is 18.8 Å². The summed E-state index contributed by atoms with van der Waals surface area (Å²) in [7, 11) is 0. The molecule has 0 aromatic rings. The fourth-order valence-electron chi connectivity index (χ4n) is 4.56. The minimum atomic E-state index is -0.953. The highest BCUT2D eigenvalue weighted by molar-refractivity contribution is 5.69. The molecule has 220 valence electrons. The van der Waals surface area contributed by atoms with Crippen molar-refractivity contribution in [3.8, 4) is 0 Å². The van der Waals surface area contributed by atoms with Crippen molar-refractivity contribution < 1.29 is 24.2 Å². The van der Waals surface area contributed by atoms with Crippen LogP contribution in [0.3, 0.4) is 0 Å². The molecule has 5 nitrogen and oxygen atoms in total. The Morgan fingerprint density at radius 3 is 1.22 bits per heavy atom. The van der Waals surface area contributed by atoms with Crippen LogP contribution in [0, 0.1) is 5.92 Å². The van der Waals surface area contributed by atoms with E-state index in [9.17, 15) is 14.7 Å². The molecule has 0 aliphatic heterocycles. The van der Waals surface area contributed by atoms with Gasteiger partial charge in [0, 0.05) is 12.8 Å². The standard InChI is InChI=1S/C32H62O5/c1-4-5-6-7-8-9-10-13-16-19-22-25-31(34)36-27-30(33)28-37-32(35)26-23-20-17-14-11-12-15-18-21-24-29(2)3/h29-30,33H,4-28H2,1-3H3/t30-/m0/s1. The number of esters is 2. The highest BCUT2D eigenvalue weighted by Gasteiger charge is 2.12. The third-order valence-electron chi connectivity index (χ3n) is 7.02. The second-order valence-corrected chi connectivity index (χ2v) is 11.4. The molecule has 0 bridgehead atoms. The lowest BCUT2D eigenvalue weighted by molar-refractivity contribution is -0.152. The summed E-state index contributed by atoms with van der Waals surface area (Å²) in [6.07, 6.45) is 25.8. The summed E-state index contributed by atoms with van der Waals surface area (Å²) in [5, 5.41) is 9.93. The van der Waals surface area contributed by atoms with E-state index in [1.807, 2.05) is 0 Å². The van der Waals surface area contributed by atoms with E-state index in [4.69, 9.17) is 9.47 Å². The molecule has 0 saturated carbocycles. The van der Waals surface area contributed by atoms with Gasteiger partial charge in [-0.25, -0.2) is 0 Å². The Balaban J connectivity index is 3.42. The summed E-state index contributed by atoms with van der Waals surface area (Å²) in [6, 6.07) is 0. The lowest BCUT2D eigenvalue weighted by Gasteiger charge is -2.12. The molecular formula is C32H62O5. The number of carbonyl (C=O) groups excluding carboxylic acids is 2. The fraction of sp³-hybridized carbons (Fsp3) is 0.938. The molecule has 0 unspecified atom stereocenters. The molecule has 0 radical (unpaired) electrons. The number of rotatable bonds is 28. The third-order valence-corrected chi connectivity index (χ3v) is 7.02. The normalized spacial score (nSPS) is 12.1. The van der Waals surface area contributed by atoms with Crippen molar-refractivity contribution in [3.63, 3.8) is 0 Å². The molecule has 0 aromatic heterocycles. The van der Waals surface area contributed by atoms with Gasteiger partial charge in [0.2, 0.25) is 0 Å². The van der Waals surface area contributed by atoms with Crippen molar-refractivity contribution in [1.29, 1.82) is 0 Å². The molecule has 0 spiro atoms. The zero-order valence-electron chi connectivity index (χ0n) is 24.9. The Morgan fingerprint density at radius 1 is 0.541 bits per heavy atom. The van der Waals surface area contributed by atoms with Crippen LogP contribution in [0.25, 0.3) is 0 Å². The Kier molecular flexibility index (Phi) is 27.1. The van der Waals surface area contributed by atoms with Gasteiger partial charge >= 0.3 is 11.9 Å². The van der Waals surface area contributed by atoms with Crippen molar-refractivity contribution in [2.45, 2.75) is 175 Å². The molecule has 0 aliphatic rings. The SMILES string of the molecule is CCCCCCCCCCCCCC(=O)OC[C@H](O)COC(=O)CCCCCCCCCCCC(C)C. The number of carbonyl (C=O) groups is 2. The van der Waals surface area contributed by atoms with Crippen LogP contribution in [0.5, 0.6) is 0 Å². The van der Waals surface area contributed by atoms with Gasteiger partial charge in [-0.3, -0.25) is 9.59 Å². The van der Waals surface area contributed by atoms with Crippen LogP contribution < -0.4 is 0 Å². The van der Waals surface area contributed by atoms with Gasteiger partial charge in [0.15, 0.2) is 0 Å². The highest BCUT2D eigenvalue weighted by atomic mass is 16.6. The Morgan fingerprint density at radius 2 is 0.865 bits per heavy atom. The van der Waals surface area contributed by atoms with Gasteiger partial charge in [0.05, 0.1) is 0 Å². The summed E-state index contributed by atoms with van der Waals surface area (Å²) in [5.41, 5.74) is 0. The number of aliphatic hydroxyl groups is 1. The summed E-state index contributed by atoms with van der Waals surface area (Å²) in [5.74, 6) is 0.259. The first-order valence-corrected chi connectivity index (χ1v) is 15.9. The number of hydrogen-bond donors (Lipinski definition) is 1. The van der Waals surface area contributed by atoms with Crippen LogP contribution in [-0.2, 0) is 19.1 Å². The largest absolute Gasteiger partial charge is 0.463 e. The predicted octanol–water partition coefficient (Wildman–Crippen LogP) is 9.08. The molecule has 1 N–H and O–H groups in total. The highest BCUT2D eigenvalue weighted by Crippen LogP contribution is 2.14. The molecule has 0 fully saturated rings. The van der Waals surface area contributed by atoms with E-state index in [2.05, 4.69) is 20.8 Å². The maximum atomic E-state index is 11.9. The maximum Gasteiger partial charge on any atom is 0.305 e. The molecule has 0 aromatic carbocycles. The monoisotopic (exact) mass is 526 g/mol. The Hall–Kier alpha value is -1.10. The molecule has 0 aliphatic carbocycles. The second-order valence-electron chi connectivity index (χ2n) is 11.4. The molecule has 0 amide bonds. The van der Waals surface area contributed by atoms with E-state index in [1.54, 1.807) is 0 Å². The fourth-order valence-corrected chi connectivity index (χ4v) is 4.56. The van der Waals surface area contributed by atoms with Gasteiger partial charge in [-0.15, -0.1) is 0 Å². The second kappa shape index (κ2) is 27.9. The van der Waals surface area contributed by atoms with Crippen LogP contribution >= 0.6 is 0 Å². The van der Waals surface area contributed by atoms with Gasteiger partial charge in [0.25, 0.3) is 0 Å². The van der Waals surface area contributed by atoms with Crippen molar-refractivity contribution in [3.05, 3.63) is 0 Å². The van der Waals surface area contributed by atoms with Crippen molar-refractivity contribution in [2.75, 3.05) is 13.2 Å². The van der Waals surface area contributed by atoms with E-state index < -0.39 is 6.10 Å². The summed E-state index contributed by atoms with van der Waals surface area (Å²) in [4.78, 5) is 23.7. The van der Waals surface area contributed by atoms with Crippen LogP contribution in [0.2, 0.25) is 0 Å². The minimum absolute atomic E-state index is 0.110. The van der Waals surface area contributed by atoms with E-state index in [1.165, 1.54) is 103 Å². The molecule has 0 rings (SSSR count). The smallest absolute Gasteiger partial charge is 0.305 e. The summed E-state index contributed by atoms with van der Waals surface area (Å²) in [6.45, 7) is 6.60. The van der Waals surface area contributed by atoms with E-state index >= 15 is 0 Å². The first kappa shape index (κ1) is 35.9. The topological polar surface area (TPSA) is 72.8 Å². The van der Waals surface area contributed by atoms with Crippen LogP contribution in [0.4, 0.5) is 0 Å². The number of ether oxygens (including phenoxy) is 2. The first-order valence-electron chi connectivity index (χ1n) is 15.9. The summed E-state index contributed by atoms with van der Waals surface area (Å²) < 4.78 is 10.3. The zero-order valence-corrected chi connectivity index (χ0v) is 24.9. The lowest BCUT2D eigenvalue weighted by atomic mass is 10.0. The summed E-state index contributed by atoms with van der Waals surface area (Å²) >= 11 is 0. The maximum absolute atomic E-state index is 11.9. The van der Waals surface area contributed by atoms with Gasteiger partial charge < -0.3 is 14.6 Å². The third kappa shape index (κ3) is 29.3. The Bertz CT molecular complexity index is 505. The molecule has 37 heavy (non-hydrogen) atoms. The minimum Gasteiger partial charge on any atom is -0.463 e. The van der Waals surface area contributed by atoms with Gasteiger partial charge in [-0.2, -0.15) is 0 Å².